The number of hydrogen-bond acceptors (Lipinski definition) is 3. The summed E-state index contributed by atoms with van der Waals surface area (Å²) >= 11 is 0. The van der Waals surface area contributed by atoms with Crippen LogP contribution < -0.4 is 0 Å². The van der Waals surface area contributed by atoms with E-state index in [0.717, 1.165) is 45.0 Å². The standard InChI is InChI=1S/C20H25N3/c1-18-20(10-5-11-21-18)17-23-15-13-22(14-16-23)12-6-9-19-7-3-2-4-8-19/h2-11H,12-17H2,1H3. The van der Waals surface area contributed by atoms with Crippen LogP contribution in [-0.4, -0.2) is 47.5 Å². The molecule has 23 heavy (non-hydrogen) atoms. The van der Waals surface area contributed by atoms with E-state index in [1.165, 1.54) is 11.1 Å². The molecule has 1 aromatic carbocycles. The molecule has 0 N–H and O–H groups in total. The van der Waals surface area contributed by atoms with Gasteiger partial charge in [-0.3, -0.25) is 14.8 Å². The molecule has 0 unspecified atom stereocenters. The maximum absolute atomic E-state index is 4.38. The zero-order valence-corrected chi connectivity index (χ0v) is 13.9. The number of pyridine rings is 1. The summed E-state index contributed by atoms with van der Waals surface area (Å²) in [5.74, 6) is 0. The molecule has 0 amide bonds. The van der Waals surface area contributed by atoms with Gasteiger partial charge in [0.2, 0.25) is 0 Å². The van der Waals surface area contributed by atoms with Crippen molar-refractivity contribution < 1.29 is 0 Å². The third kappa shape index (κ3) is 4.75. The van der Waals surface area contributed by atoms with Crippen molar-refractivity contribution in [3.05, 3.63) is 71.6 Å². The van der Waals surface area contributed by atoms with Gasteiger partial charge in [-0.15, -0.1) is 0 Å². The molecule has 3 heteroatoms. The summed E-state index contributed by atoms with van der Waals surface area (Å²) in [5, 5.41) is 0. The summed E-state index contributed by atoms with van der Waals surface area (Å²) in [6, 6.07) is 14.7. The van der Waals surface area contributed by atoms with Crippen LogP contribution in [0.3, 0.4) is 0 Å². The number of aromatic nitrogens is 1. The first-order chi connectivity index (χ1) is 11.3. The summed E-state index contributed by atoms with van der Waals surface area (Å²) in [5.41, 5.74) is 3.78. The van der Waals surface area contributed by atoms with Crippen LogP contribution in [0.1, 0.15) is 16.8 Å². The van der Waals surface area contributed by atoms with Crippen LogP contribution in [0.25, 0.3) is 6.08 Å². The van der Waals surface area contributed by atoms with Gasteiger partial charge in [0.05, 0.1) is 0 Å². The van der Waals surface area contributed by atoms with Crippen LogP contribution in [0.2, 0.25) is 0 Å². The first kappa shape index (κ1) is 15.9. The molecular weight excluding hydrogens is 282 g/mol. The van der Waals surface area contributed by atoms with Crippen molar-refractivity contribution >= 4 is 6.08 Å². The lowest BCUT2D eigenvalue weighted by Gasteiger charge is -2.34. The van der Waals surface area contributed by atoms with Crippen molar-refractivity contribution in [1.82, 2.24) is 14.8 Å². The molecule has 3 rings (SSSR count). The van der Waals surface area contributed by atoms with E-state index in [2.05, 4.69) is 70.3 Å². The van der Waals surface area contributed by atoms with Crippen LogP contribution in [0.4, 0.5) is 0 Å². The molecule has 1 fully saturated rings. The molecule has 0 saturated carbocycles. The van der Waals surface area contributed by atoms with E-state index in [-0.39, 0.29) is 0 Å². The molecular formula is C20H25N3. The van der Waals surface area contributed by atoms with E-state index in [0.29, 0.717) is 0 Å². The summed E-state index contributed by atoms with van der Waals surface area (Å²) in [7, 11) is 0. The summed E-state index contributed by atoms with van der Waals surface area (Å²) in [6.45, 7) is 8.69. The molecule has 1 aliphatic rings. The topological polar surface area (TPSA) is 19.4 Å². The fraction of sp³-hybridized carbons (Fsp3) is 0.350. The van der Waals surface area contributed by atoms with E-state index in [1.54, 1.807) is 0 Å². The Morgan fingerprint density at radius 1 is 0.957 bits per heavy atom. The fourth-order valence-corrected chi connectivity index (χ4v) is 2.96. The van der Waals surface area contributed by atoms with Gasteiger partial charge in [-0.25, -0.2) is 0 Å². The molecule has 2 heterocycles. The van der Waals surface area contributed by atoms with Crippen molar-refractivity contribution in [2.75, 3.05) is 32.7 Å². The van der Waals surface area contributed by atoms with E-state index in [4.69, 9.17) is 0 Å². The second-order valence-electron chi connectivity index (χ2n) is 6.14. The smallest absolute Gasteiger partial charge is 0.0417 e. The van der Waals surface area contributed by atoms with Gasteiger partial charge in [0.15, 0.2) is 0 Å². The lowest BCUT2D eigenvalue weighted by Crippen LogP contribution is -2.45. The predicted molar refractivity (Wildman–Crippen MR) is 96.2 cm³/mol. The van der Waals surface area contributed by atoms with E-state index < -0.39 is 0 Å². The van der Waals surface area contributed by atoms with Crippen molar-refractivity contribution in [3.8, 4) is 0 Å². The monoisotopic (exact) mass is 307 g/mol. The molecule has 1 aromatic heterocycles. The minimum Gasteiger partial charge on any atom is -0.297 e. The van der Waals surface area contributed by atoms with Crippen molar-refractivity contribution in [2.24, 2.45) is 0 Å². The quantitative estimate of drug-likeness (QED) is 0.845. The minimum absolute atomic E-state index is 1.02. The Labute approximate surface area is 139 Å². The first-order valence-corrected chi connectivity index (χ1v) is 8.38. The van der Waals surface area contributed by atoms with Crippen LogP contribution in [0, 0.1) is 6.92 Å². The number of piperazine rings is 1. The molecule has 0 atom stereocenters. The number of nitrogens with zero attached hydrogens (tertiary/aromatic N) is 3. The van der Waals surface area contributed by atoms with Gasteiger partial charge in [0.1, 0.15) is 0 Å². The molecule has 0 spiro atoms. The summed E-state index contributed by atoms with van der Waals surface area (Å²) in [4.78, 5) is 9.43. The predicted octanol–water partition coefficient (Wildman–Crippen LogP) is 3.22. The van der Waals surface area contributed by atoms with Crippen LogP contribution in [-0.2, 0) is 6.54 Å². The highest BCUT2D eigenvalue weighted by atomic mass is 15.3. The van der Waals surface area contributed by atoms with Crippen LogP contribution >= 0.6 is 0 Å². The molecule has 1 aliphatic heterocycles. The zero-order valence-electron chi connectivity index (χ0n) is 13.9. The SMILES string of the molecule is Cc1ncccc1CN1CCN(CC=Cc2ccccc2)CC1. The maximum atomic E-state index is 4.38. The summed E-state index contributed by atoms with van der Waals surface area (Å²) < 4.78 is 0. The van der Waals surface area contributed by atoms with Gasteiger partial charge >= 0.3 is 0 Å². The Kier molecular flexibility index (Phi) is 5.56. The Hall–Kier alpha value is -1.97. The average Bonchev–Trinajstić information content (AvgIpc) is 2.59. The lowest BCUT2D eigenvalue weighted by molar-refractivity contribution is 0.137. The Morgan fingerprint density at radius 3 is 2.43 bits per heavy atom. The number of rotatable bonds is 5. The maximum Gasteiger partial charge on any atom is 0.0417 e. The molecule has 0 bridgehead atoms. The number of aryl methyl sites for hydroxylation is 1. The van der Waals surface area contributed by atoms with Crippen molar-refractivity contribution in [1.29, 1.82) is 0 Å². The Balaban J connectivity index is 1.44. The van der Waals surface area contributed by atoms with Gasteiger partial charge in [0, 0.05) is 51.2 Å². The molecule has 3 nitrogen and oxygen atoms in total. The van der Waals surface area contributed by atoms with Gasteiger partial charge < -0.3 is 0 Å². The van der Waals surface area contributed by atoms with Crippen molar-refractivity contribution in [2.45, 2.75) is 13.5 Å². The number of hydrogen-bond donors (Lipinski definition) is 0. The highest BCUT2D eigenvalue weighted by Gasteiger charge is 2.16. The lowest BCUT2D eigenvalue weighted by atomic mass is 10.1. The van der Waals surface area contributed by atoms with Gasteiger partial charge in [-0.2, -0.15) is 0 Å². The summed E-state index contributed by atoms with van der Waals surface area (Å²) in [6.07, 6.45) is 6.36. The molecule has 0 radical (unpaired) electrons. The van der Waals surface area contributed by atoms with Crippen LogP contribution in [0.5, 0.6) is 0 Å². The third-order valence-corrected chi connectivity index (χ3v) is 4.45. The number of benzene rings is 1. The highest BCUT2D eigenvalue weighted by Crippen LogP contribution is 2.11. The first-order valence-electron chi connectivity index (χ1n) is 8.38. The molecule has 120 valence electrons. The fourth-order valence-electron chi connectivity index (χ4n) is 2.96. The van der Waals surface area contributed by atoms with Crippen molar-refractivity contribution in [3.63, 3.8) is 0 Å². The highest BCUT2D eigenvalue weighted by molar-refractivity contribution is 5.48. The van der Waals surface area contributed by atoms with Gasteiger partial charge in [-0.05, 0) is 24.1 Å². The average molecular weight is 307 g/mol. The Bertz CT molecular complexity index is 628. The second-order valence-corrected chi connectivity index (χ2v) is 6.14. The van der Waals surface area contributed by atoms with E-state index in [9.17, 15) is 0 Å². The molecule has 0 aliphatic carbocycles. The molecule has 1 saturated heterocycles. The van der Waals surface area contributed by atoms with Crippen LogP contribution in [0.15, 0.2) is 54.7 Å². The van der Waals surface area contributed by atoms with Gasteiger partial charge in [-0.1, -0.05) is 48.6 Å². The van der Waals surface area contributed by atoms with E-state index >= 15 is 0 Å². The third-order valence-electron chi connectivity index (χ3n) is 4.45. The molecule has 2 aromatic rings. The van der Waals surface area contributed by atoms with E-state index in [1.807, 2.05) is 12.3 Å². The normalized spacial score (nSPS) is 16.9. The minimum atomic E-state index is 1.02. The van der Waals surface area contributed by atoms with Gasteiger partial charge in [0.25, 0.3) is 0 Å². The Morgan fingerprint density at radius 2 is 1.70 bits per heavy atom. The largest absolute Gasteiger partial charge is 0.297 e. The second kappa shape index (κ2) is 8.04. The zero-order chi connectivity index (χ0) is 15.9.